The van der Waals surface area contributed by atoms with Crippen LogP contribution < -0.4 is 4.90 Å². The first-order valence-electron chi connectivity index (χ1n) is 7.57. The number of anilines is 1. The van der Waals surface area contributed by atoms with Gasteiger partial charge in [-0.1, -0.05) is 48.5 Å². The normalized spacial score (nSPS) is 17.2. The summed E-state index contributed by atoms with van der Waals surface area (Å²) in [6.45, 7) is 3.20. The van der Waals surface area contributed by atoms with Crippen LogP contribution in [0.4, 0.5) is 5.69 Å². The van der Waals surface area contributed by atoms with E-state index in [0.29, 0.717) is 0 Å². The number of piperazine rings is 1. The molecule has 4 nitrogen and oxygen atoms in total. The van der Waals surface area contributed by atoms with E-state index in [2.05, 4.69) is 21.9 Å². The quantitative estimate of drug-likeness (QED) is 0.942. The van der Waals surface area contributed by atoms with E-state index in [1.807, 2.05) is 48.5 Å². The van der Waals surface area contributed by atoms with Gasteiger partial charge in [0.2, 0.25) is 0 Å². The first kappa shape index (κ1) is 14.6. The molecule has 22 heavy (non-hydrogen) atoms. The summed E-state index contributed by atoms with van der Waals surface area (Å²) in [6, 6.07) is 19.2. The Bertz CT molecular complexity index is 607. The first-order valence-corrected chi connectivity index (χ1v) is 7.57. The molecular formula is C18H20N2O2. The fourth-order valence-corrected chi connectivity index (χ4v) is 3.02. The van der Waals surface area contributed by atoms with Gasteiger partial charge < -0.3 is 10.0 Å². The van der Waals surface area contributed by atoms with E-state index in [9.17, 15) is 9.90 Å². The molecule has 0 aromatic heterocycles. The zero-order valence-electron chi connectivity index (χ0n) is 12.4. The highest BCUT2D eigenvalue weighted by Crippen LogP contribution is 2.24. The summed E-state index contributed by atoms with van der Waals surface area (Å²) in [5, 5.41) is 9.61. The monoisotopic (exact) mass is 296 g/mol. The van der Waals surface area contributed by atoms with E-state index in [-0.39, 0.29) is 0 Å². The number of benzene rings is 2. The van der Waals surface area contributed by atoms with Crippen molar-refractivity contribution in [2.75, 3.05) is 31.1 Å². The number of carboxylic acid groups (broad SMARTS) is 1. The molecule has 0 aliphatic carbocycles. The summed E-state index contributed by atoms with van der Waals surface area (Å²) >= 11 is 0. The van der Waals surface area contributed by atoms with Crippen molar-refractivity contribution in [3.8, 4) is 0 Å². The molecule has 1 aliphatic rings. The second-order valence-electron chi connectivity index (χ2n) is 5.51. The summed E-state index contributed by atoms with van der Waals surface area (Å²) in [6.07, 6.45) is 0. The van der Waals surface area contributed by atoms with Crippen molar-refractivity contribution in [2.24, 2.45) is 0 Å². The average molecular weight is 296 g/mol. The molecule has 0 amide bonds. The van der Waals surface area contributed by atoms with Gasteiger partial charge in [0.05, 0.1) is 0 Å². The molecule has 1 atom stereocenters. The molecule has 0 bridgehead atoms. The largest absolute Gasteiger partial charge is 0.480 e. The van der Waals surface area contributed by atoms with E-state index in [4.69, 9.17) is 0 Å². The molecule has 0 radical (unpaired) electrons. The van der Waals surface area contributed by atoms with Crippen LogP contribution in [0, 0.1) is 0 Å². The smallest absolute Gasteiger partial charge is 0.325 e. The van der Waals surface area contributed by atoms with E-state index in [1.54, 1.807) is 0 Å². The Kier molecular flexibility index (Phi) is 4.39. The highest BCUT2D eigenvalue weighted by Gasteiger charge is 2.30. The summed E-state index contributed by atoms with van der Waals surface area (Å²) < 4.78 is 0. The lowest BCUT2D eigenvalue weighted by molar-refractivity contribution is -0.143. The van der Waals surface area contributed by atoms with E-state index in [1.165, 1.54) is 5.69 Å². The van der Waals surface area contributed by atoms with Crippen molar-refractivity contribution in [2.45, 2.75) is 6.04 Å². The first-order chi connectivity index (χ1) is 10.8. The number of para-hydroxylation sites is 1. The highest BCUT2D eigenvalue weighted by atomic mass is 16.4. The van der Waals surface area contributed by atoms with Gasteiger partial charge >= 0.3 is 5.97 Å². The lowest BCUT2D eigenvalue weighted by Crippen LogP contribution is -2.49. The molecule has 1 N–H and O–H groups in total. The van der Waals surface area contributed by atoms with Crippen LogP contribution >= 0.6 is 0 Å². The van der Waals surface area contributed by atoms with Gasteiger partial charge in [-0.05, 0) is 17.7 Å². The van der Waals surface area contributed by atoms with Gasteiger partial charge in [0, 0.05) is 31.9 Å². The lowest BCUT2D eigenvalue weighted by Gasteiger charge is -2.38. The maximum Gasteiger partial charge on any atom is 0.325 e. The Morgan fingerprint density at radius 1 is 0.864 bits per heavy atom. The van der Waals surface area contributed by atoms with Crippen LogP contribution in [0.15, 0.2) is 60.7 Å². The number of hydrogen-bond acceptors (Lipinski definition) is 3. The second kappa shape index (κ2) is 6.62. The van der Waals surface area contributed by atoms with Crippen LogP contribution in [0.2, 0.25) is 0 Å². The van der Waals surface area contributed by atoms with Gasteiger partial charge in [0.1, 0.15) is 6.04 Å². The summed E-state index contributed by atoms with van der Waals surface area (Å²) in [7, 11) is 0. The van der Waals surface area contributed by atoms with E-state index in [0.717, 1.165) is 31.7 Å². The Morgan fingerprint density at radius 2 is 1.41 bits per heavy atom. The Balaban J connectivity index is 1.70. The molecule has 2 aromatic rings. The molecule has 0 spiro atoms. The molecule has 1 fully saturated rings. The van der Waals surface area contributed by atoms with E-state index >= 15 is 0 Å². The number of carboxylic acids is 1. The Morgan fingerprint density at radius 3 is 1.95 bits per heavy atom. The van der Waals surface area contributed by atoms with Crippen LogP contribution in [0.3, 0.4) is 0 Å². The Hall–Kier alpha value is -2.33. The molecule has 114 valence electrons. The maximum atomic E-state index is 11.7. The van der Waals surface area contributed by atoms with Crippen molar-refractivity contribution < 1.29 is 9.90 Å². The number of rotatable bonds is 4. The van der Waals surface area contributed by atoms with Crippen LogP contribution in [-0.4, -0.2) is 42.2 Å². The van der Waals surface area contributed by atoms with Gasteiger partial charge in [-0.15, -0.1) is 0 Å². The molecule has 0 unspecified atom stereocenters. The SMILES string of the molecule is O=C(O)[C@H](c1ccccc1)N1CCN(c2ccccc2)CC1. The fraction of sp³-hybridized carbons (Fsp3) is 0.278. The lowest BCUT2D eigenvalue weighted by atomic mass is 10.0. The van der Waals surface area contributed by atoms with Crippen molar-refractivity contribution >= 4 is 11.7 Å². The average Bonchev–Trinajstić information content (AvgIpc) is 2.57. The molecule has 2 aromatic carbocycles. The van der Waals surface area contributed by atoms with E-state index < -0.39 is 12.0 Å². The van der Waals surface area contributed by atoms with Gasteiger partial charge in [0.25, 0.3) is 0 Å². The Labute approximate surface area is 130 Å². The zero-order valence-corrected chi connectivity index (χ0v) is 12.4. The standard InChI is InChI=1S/C18H20N2O2/c21-18(22)17(15-7-3-1-4-8-15)20-13-11-19(12-14-20)16-9-5-2-6-10-16/h1-10,17H,11-14H2,(H,21,22)/t17-/m0/s1. The third-order valence-electron chi connectivity index (χ3n) is 4.15. The van der Waals surface area contributed by atoms with Gasteiger partial charge in [0.15, 0.2) is 0 Å². The van der Waals surface area contributed by atoms with Crippen molar-refractivity contribution in [1.29, 1.82) is 0 Å². The number of nitrogens with zero attached hydrogens (tertiary/aromatic N) is 2. The molecule has 1 heterocycles. The summed E-state index contributed by atoms with van der Waals surface area (Å²) in [5.41, 5.74) is 2.05. The minimum Gasteiger partial charge on any atom is -0.480 e. The molecular weight excluding hydrogens is 276 g/mol. The van der Waals surface area contributed by atoms with Gasteiger partial charge in [-0.3, -0.25) is 9.69 Å². The third kappa shape index (κ3) is 3.12. The van der Waals surface area contributed by atoms with Crippen LogP contribution in [-0.2, 0) is 4.79 Å². The molecule has 1 saturated heterocycles. The highest BCUT2D eigenvalue weighted by molar-refractivity contribution is 5.75. The predicted octanol–water partition coefficient (Wildman–Crippen LogP) is 2.63. The zero-order chi connectivity index (χ0) is 15.4. The number of carbonyl (C=O) groups is 1. The number of aliphatic carboxylic acids is 1. The third-order valence-corrected chi connectivity index (χ3v) is 4.15. The number of hydrogen-bond donors (Lipinski definition) is 1. The fourth-order valence-electron chi connectivity index (χ4n) is 3.02. The van der Waals surface area contributed by atoms with Crippen molar-refractivity contribution in [3.05, 3.63) is 66.2 Å². The summed E-state index contributed by atoms with van der Waals surface area (Å²) in [4.78, 5) is 16.1. The van der Waals surface area contributed by atoms with Gasteiger partial charge in [-0.2, -0.15) is 0 Å². The minimum absolute atomic E-state index is 0.556. The molecule has 1 aliphatic heterocycles. The van der Waals surface area contributed by atoms with Gasteiger partial charge in [-0.25, -0.2) is 0 Å². The van der Waals surface area contributed by atoms with Crippen LogP contribution in [0.25, 0.3) is 0 Å². The molecule has 4 heteroatoms. The molecule has 0 saturated carbocycles. The predicted molar refractivity (Wildman–Crippen MR) is 87.0 cm³/mol. The minimum atomic E-state index is -0.778. The van der Waals surface area contributed by atoms with Crippen molar-refractivity contribution in [1.82, 2.24) is 4.90 Å². The summed E-state index contributed by atoms with van der Waals surface area (Å²) in [5.74, 6) is -0.778. The van der Waals surface area contributed by atoms with Crippen LogP contribution in [0.1, 0.15) is 11.6 Å². The maximum absolute atomic E-state index is 11.7. The topological polar surface area (TPSA) is 43.8 Å². The second-order valence-corrected chi connectivity index (χ2v) is 5.51. The van der Waals surface area contributed by atoms with Crippen LogP contribution in [0.5, 0.6) is 0 Å². The molecule has 3 rings (SSSR count). The van der Waals surface area contributed by atoms with Crippen molar-refractivity contribution in [3.63, 3.8) is 0 Å².